The Hall–Kier alpha value is -1.42. The van der Waals surface area contributed by atoms with Gasteiger partial charge in [0.05, 0.1) is 0 Å². The monoisotopic (exact) mass is 452 g/mol. The van der Waals surface area contributed by atoms with Gasteiger partial charge in [-0.3, -0.25) is 0 Å². The molecule has 2 aromatic rings. The van der Waals surface area contributed by atoms with Crippen LogP contribution in [0.4, 0.5) is 5.69 Å². The molecule has 164 valence electrons. The number of fused-ring (bicyclic) bond motifs is 2. The molecule has 1 saturated carbocycles. The van der Waals surface area contributed by atoms with Crippen molar-refractivity contribution in [1.82, 2.24) is 4.90 Å². The van der Waals surface area contributed by atoms with Crippen LogP contribution < -0.4 is 5.32 Å². The third-order valence-electron chi connectivity index (χ3n) is 7.72. The molecule has 0 radical (unpaired) electrons. The number of likely N-dealkylation sites (tertiary alicyclic amines) is 1. The SMILES string of the molecule is C=C1Nc2ccc(Cl)cc2C12CCN(CCCc1ccc(SC3(CC)CC3)cc1)CC2. The van der Waals surface area contributed by atoms with Gasteiger partial charge >= 0.3 is 0 Å². The molecular formula is C27H33ClN2S. The molecule has 2 heterocycles. The minimum atomic E-state index is 0.0572. The number of benzene rings is 2. The molecule has 31 heavy (non-hydrogen) atoms. The Morgan fingerprint density at radius 3 is 2.48 bits per heavy atom. The summed E-state index contributed by atoms with van der Waals surface area (Å²) in [6.45, 7) is 10.1. The van der Waals surface area contributed by atoms with Crippen LogP contribution in [0.5, 0.6) is 0 Å². The second kappa shape index (κ2) is 8.50. The van der Waals surface area contributed by atoms with Gasteiger partial charge in [-0.25, -0.2) is 0 Å². The van der Waals surface area contributed by atoms with Gasteiger partial charge in [-0.1, -0.05) is 37.2 Å². The summed E-state index contributed by atoms with van der Waals surface area (Å²) < 4.78 is 0.555. The standard InChI is InChI=1S/C27H33ClN2S/c1-3-26(12-13-26)31-23-9-6-21(7-10-23)5-4-16-30-17-14-27(15-18-30)20(2)29-25-11-8-22(28)19-24(25)27/h6-11,19,29H,2-5,12-18H2,1H3. The lowest BCUT2D eigenvalue weighted by atomic mass is 9.72. The highest BCUT2D eigenvalue weighted by Crippen LogP contribution is 2.54. The molecule has 2 fully saturated rings. The van der Waals surface area contributed by atoms with Crippen molar-refractivity contribution >= 4 is 29.1 Å². The van der Waals surface area contributed by atoms with E-state index in [1.165, 1.54) is 53.9 Å². The van der Waals surface area contributed by atoms with Gasteiger partial charge in [0.25, 0.3) is 0 Å². The van der Waals surface area contributed by atoms with Gasteiger partial charge in [-0.05, 0) is 106 Å². The summed E-state index contributed by atoms with van der Waals surface area (Å²) in [7, 11) is 0. The molecule has 0 bridgehead atoms. The van der Waals surface area contributed by atoms with E-state index in [0.29, 0.717) is 4.75 Å². The Bertz CT molecular complexity index is 956. The molecule has 4 heteroatoms. The maximum Gasteiger partial charge on any atom is 0.0425 e. The molecule has 0 amide bonds. The maximum absolute atomic E-state index is 6.31. The van der Waals surface area contributed by atoms with Crippen LogP contribution in [-0.2, 0) is 11.8 Å². The fourth-order valence-electron chi connectivity index (χ4n) is 5.34. The van der Waals surface area contributed by atoms with E-state index in [4.69, 9.17) is 11.6 Å². The minimum Gasteiger partial charge on any atom is -0.358 e. The van der Waals surface area contributed by atoms with Gasteiger partial charge in [0.1, 0.15) is 0 Å². The number of aryl methyl sites for hydroxylation is 1. The van der Waals surface area contributed by atoms with Crippen molar-refractivity contribution in [3.05, 3.63) is 70.9 Å². The van der Waals surface area contributed by atoms with Gasteiger partial charge in [0, 0.05) is 31.5 Å². The van der Waals surface area contributed by atoms with E-state index in [9.17, 15) is 0 Å². The molecule has 2 aromatic carbocycles. The number of thioether (sulfide) groups is 1. The molecule has 0 unspecified atom stereocenters. The number of piperidine rings is 1. The largest absolute Gasteiger partial charge is 0.358 e. The predicted molar refractivity (Wildman–Crippen MR) is 134 cm³/mol. The first kappa shape index (κ1) is 21.4. The van der Waals surface area contributed by atoms with Crippen LogP contribution in [-0.4, -0.2) is 29.3 Å². The van der Waals surface area contributed by atoms with Crippen LogP contribution in [0, 0.1) is 0 Å². The Labute approximate surface area is 196 Å². The predicted octanol–water partition coefficient (Wildman–Crippen LogP) is 7.28. The zero-order valence-electron chi connectivity index (χ0n) is 18.6. The molecule has 0 atom stereocenters. The fourth-order valence-corrected chi connectivity index (χ4v) is 6.74. The third kappa shape index (κ3) is 4.29. The molecule has 3 aliphatic rings. The second-order valence-corrected chi connectivity index (χ2v) is 11.6. The van der Waals surface area contributed by atoms with Crippen LogP contribution in [0.3, 0.4) is 0 Å². The molecular weight excluding hydrogens is 420 g/mol. The van der Waals surface area contributed by atoms with Crippen molar-refractivity contribution in [2.75, 3.05) is 25.0 Å². The number of anilines is 1. The third-order valence-corrected chi connectivity index (χ3v) is 9.59. The smallest absolute Gasteiger partial charge is 0.0425 e. The van der Waals surface area contributed by atoms with Gasteiger partial charge in [-0.2, -0.15) is 0 Å². The van der Waals surface area contributed by atoms with Crippen molar-refractivity contribution in [1.29, 1.82) is 0 Å². The first-order valence-electron chi connectivity index (χ1n) is 11.8. The van der Waals surface area contributed by atoms with E-state index < -0.39 is 0 Å². The van der Waals surface area contributed by atoms with Crippen LogP contribution in [0.15, 0.2) is 59.6 Å². The highest BCUT2D eigenvalue weighted by molar-refractivity contribution is 8.01. The van der Waals surface area contributed by atoms with E-state index >= 15 is 0 Å². The van der Waals surface area contributed by atoms with E-state index in [0.717, 1.165) is 43.1 Å². The lowest BCUT2D eigenvalue weighted by molar-refractivity contribution is 0.179. The lowest BCUT2D eigenvalue weighted by Crippen LogP contribution is -2.43. The second-order valence-electron chi connectivity index (χ2n) is 9.60. The summed E-state index contributed by atoms with van der Waals surface area (Å²) in [5, 5.41) is 4.34. The summed E-state index contributed by atoms with van der Waals surface area (Å²) in [6.07, 6.45) is 8.69. The Balaban J connectivity index is 1.11. The summed E-state index contributed by atoms with van der Waals surface area (Å²) in [5.74, 6) is 0. The topological polar surface area (TPSA) is 15.3 Å². The molecule has 1 spiro atoms. The molecule has 0 aromatic heterocycles. The number of halogens is 1. The Morgan fingerprint density at radius 1 is 1.06 bits per heavy atom. The van der Waals surface area contributed by atoms with Gasteiger partial charge in [-0.15, -0.1) is 11.8 Å². The Morgan fingerprint density at radius 2 is 1.81 bits per heavy atom. The number of hydrogen-bond acceptors (Lipinski definition) is 3. The average Bonchev–Trinajstić information content (AvgIpc) is 3.51. The number of rotatable bonds is 7. The maximum atomic E-state index is 6.31. The normalized spacial score (nSPS) is 21.2. The summed E-state index contributed by atoms with van der Waals surface area (Å²) >= 11 is 8.40. The zero-order valence-corrected chi connectivity index (χ0v) is 20.1. The molecule has 2 nitrogen and oxygen atoms in total. The number of allylic oxidation sites excluding steroid dienone is 1. The van der Waals surface area contributed by atoms with E-state index in [1.54, 1.807) is 0 Å². The highest BCUT2D eigenvalue weighted by atomic mass is 35.5. The number of nitrogens with one attached hydrogen (secondary N) is 1. The van der Waals surface area contributed by atoms with Crippen molar-refractivity contribution in [2.24, 2.45) is 0 Å². The molecule has 2 aliphatic heterocycles. The van der Waals surface area contributed by atoms with Crippen LogP contribution >= 0.6 is 23.4 Å². The molecule has 1 aliphatic carbocycles. The molecule has 1 N–H and O–H groups in total. The van der Waals surface area contributed by atoms with E-state index in [2.05, 4.69) is 71.9 Å². The first-order valence-corrected chi connectivity index (χ1v) is 13.0. The van der Waals surface area contributed by atoms with Gasteiger partial charge in [0.15, 0.2) is 0 Å². The summed E-state index contributed by atoms with van der Waals surface area (Å²) in [5.41, 5.74) is 5.21. The lowest BCUT2D eigenvalue weighted by Gasteiger charge is -2.40. The Kier molecular flexibility index (Phi) is 5.87. The minimum absolute atomic E-state index is 0.0572. The fraction of sp³-hybridized carbons (Fsp3) is 0.481. The number of hydrogen-bond donors (Lipinski definition) is 1. The van der Waals surface area contributed by atoms with Gasteiger partial charge < -0.3 is 10.2 Å². The first-order chi connectivity index (χ1) is 15.0. The van der Waals surface area contributed by atoms with E-state index in [-0.39, 0.29) is 5.41 Å². The van der Waals surface area contributed by atoms with E-state index in [1.807, 2.05) is 6.07 Å². The average molecular weight is 453 g/mol. The zero-order chi connectivity index (χ0) is 21.5. The van der Waals surface area contributed by atoms with Crippen molar-refractivity contribution in [3.63, 3.8) is 0 Å². The van der Waals surface area contributed by atoms with Crippen molar-refractivity contribution < 1.29 is 0 Å². The number of nitrogens with zero attached hydrogens (tertiary/aromatic N) is 1. The molecule has 1 saturated heterocycles. The van der Waals surface area contributed by atoms with Crippen LogP contribution in [0.25, 0.3) is 0 Å². The summed E-state index contributed by atoms with van der Waals surface area (Å²) in [4.78, 5) is 4.07. The van der Waals surface area contributed by atoms with Gasteiger partial charge in [0.2, 0.25) is 0 Å². The van der Waals surface area contributed by atoms with Crippen LogP contribution in [0.1, 0.15) is 56.6 Å². The van der Waals surface area contributed by atoms with Crippen LogP contribution in [0.2, 0.25) is 5.02 Å². The quantitative estimate of drug-likeness (QED) is 0.475. The van der Waals surface area contributed by atoms with Crippen molar-refractivity contribution in [3.8, 4) is 0 Å². The summed E-state index contributed by atoms with van der Waals surface area (Å²) in [6, 6.07) is 15.6. The molecule has 5 rings (SSSR count). The van der Waals surface area contributed by atoms with Crippen molar-refractivity contribution in [2.45, 2.75) is 66.9 Å². The highest BCUT2D eigenvalue weighted by Gasteiger charge is 2.44.